The van der Waals surface area contributed by atoms with E-state index in [0.29, 0.717) is 0 Å². The van der Waals surface area contributed by atoms with Gasteiger partial charge in [-0.25, -0.2) is 0 Å². The molecule has 0 aliphatic rings. The summed E-state index contributed by atoms with van der Waals surface area (Å²) in [4.78, 5) is 0. The molecule has 1 aromatic carbocycles. The summed E-state index contributed by atoms with van der Waals surface area (Å²) in [6, 6.07) is 10.2. The Kier molecular flexibility index (Phi) is 2.49. The number of rotatable bonds is 3. The quantitative estimate of drug-likeness (QED) is 0.775. The van der Waals surface area contributed by atoms with E-state index < -0.39 is 0 Å². The van der Waals surface area contributed by atoms with Gasteiger partial charge in [-0.2, -0.15) is 5.10 Å². The molecule has 0 aliphatic heterocycles. The van der Waals surface area contributed by atoms with E-state index in [-0.39, 0.29) is 0 Å². The molecular weight excluding hydrogens is 174 g/mol. The first-order valence-corrected chi connectivity index (χ1v) is 4.74. The van der Waals surface area contributed by atoms with Crippen molar-refractivity contribution < 1.29 is 0 Å². The molecule has 3 heteroatoms. The van der Waals surface area contributed by atoms with Crippen molar-refractivity contribution in [2.45, 2.75) is 6.92 Å². The number of aromatic amines is 1. The Morgan fingerprint density at radius 3 is 2.79 bits per heavy atom. The van der Waals surface area contributed by atoms with Crippen molar-refractivity contribution in [3.05, 3.63) is 36.5 Å². The number of hydrogen-bond acceptors (Lipinski definition) is 2. The van der Waals surface area contributed by atoms with Gasteiger partial charge < -0.3 is 5.32 Å². The summed E-state index contributed by atoms with van der Waals surface area (Å²) in [7, 11) is 0. The summed E-state index contributed by atoms with van der Waals surface area (Å²) in [5.41, 5.74) is 3.26. The predicted octanol–water partition coefficient (Wildman–Crippen LogP) is 2.51. The zero-order valence-corrected chi connectivity index (χ0v) is 8.12. The van der Waals surface area contributed by atoms with Crippen LogP contribution in [0.3, 0.4) is 0 Å². The number of H-pyrrole nitrogens is 1. The molecule has 1 aromatic heterocycles. The molecular formula is C11H13N3. The first-order chi connectivity index (χ1) is 6.92. The van der Waals surface area contributed by atoms with Gasteiger partial charge in [-0.15, -0.1) is 0 Å². The van der Waals surface area contributed by atoms with E-state index in [0.717, 1.165) is 23.5 Å². The lowest BCUT2D eigenvalue weighted by atomic mass is 10.1. The molecule has 2 N–H and O–H groups in total. The average Bonchev–Trinajstić information content (AvgIpc) is 2.68. The third kappa shape index (κ3) is 1.62. The van der Waals surface area contributed by atoms with Crippen LogP contribution in [0.1, 0.15) is 6.92 Å². The highest BCUT2D eigenvalue weighted by Crippen LogP contribution is 2.24. The number of nitrogens with one attached hydrogen (secondary N) is 2. The summed E-state index contributed by atoms with van der Waals surface area (Å²) < 4.78 is 0. The van der Waals surface area contributed by atoms with Crippen molar-refractivity contribution in [2.75, 3.05) is 11.9 Å². The van der Waals surface area contributed by atoms with Crippen LogP contribution in [0.5, 0.6) is 0 Å². The summed E-state index contributed by atoms with van der Waals surface area (Å²) in [5.74, 6) is 0. The average molecular weight is 187 g/mol. The summed E-state index contributed by atoms with van der Waals surface area (Å²) in [6.45, 7) is 2.97. The highest BCUT2D eigenvalue weighted by molar-refractivity contribution is 5.73. The fourth-order valence-corrected chi connectivity index (χ4v) is 1.44. The maximum Gasteiger partial charge on any atom is 0.0882 e. The van der Waals surface area contributed by atoms with Crippen molar-refractivity contribution in [3.8, 4) is 11.3 Å². The first-order valence-electron chi connectivity index (χ1n) is 4.74. The second-order valence-electron chi connectivity index (χ2n) is 3.06. The lowest BCUT2D eigenvalue weighted by Gasteiger charge is -2.03. The highest BCUT2D eigenvalue weighted by atomic mass is 15.1. The molecule has 0 atom stereocenters. The van der Waals surface area contributed by atoms with Gasteiger partial charge in [-0.3, -0.25) is 5.10 Å². The van der Waals surface area contributed by atoms with Gasteiger partial charge in [0.05, 0.1) is 17.6 Å². The van der Waals surface area contributed by atoms with Gasteiger partial charge >= 0.3 is 0 Å². The van der Waals surface area contributed by atoms with Gasteiger partial charge in [-0.05, 0) is 6.92 Å². The van der Waals surface area contributed by atoms with Gasteiger partial charge in [0, 0.05) is 12.1 Å². The molecule has 0 unspecified atom stereocenters. The Balaban J connectivity index is 2.37. The molecule has 72 valence electrons. The van der Waals surface area contributed by atoms with E-state index in [4.69, 9.17) is 0 Å². The molecule has 1 heterocycles. The maximum atomic E-state index is 4.03. The number of anilines is 1. The Hall–Kier alpha value is -1.77. The second kappa shape index (κ2) is 3.96. The smallest absolute Gasteiger partial charge is 0.0882 e. The normalized spacial score (nSPS) is 10.1. The van der Waals surface area contributed by atoms with Crippen molar-refractivity contribution in [1.82, 2.24) is 10.2 Å². The van der Waals surface area contributed by atoms with E-state index in [9.17, 15) is 0 Å². The third-order valence-corrected chi connectivity index (χ3v) is 2.07. The van der Waals surface area contributed by atoms with Gasteiger partial charge in [0.15, 0.2) is 0 Å². The molecule has 0 fully saturated rings. The fourth-order valence-electron chi connectivity index (χ4n) is 1.44. The maximum absolute atomic E-state index is 4.03. The Bertz CT molecular complexity index is 392. The van der Waals surface area contributed by atoms with Gasteiger partial charge in [-0.1, -0.05) is 30.3 Å². The molecule has 3 nitrogen and oxygen atoms in total. The van der Waals surface area contributed by atoms with E-state index in [1.165, 1.54) is 0 Å². The topological polar surface area (TPSA) is 40.7 Å². The molecule has 0 saturated heterocycles. The fraction of sp³-hybridized carbons (Fsp3) is 0.182. The lowest BCUT2D eigenvalue weighted by Crippen LogP contribution is -1.96. The molecule has 0 radical (unpaired) electrons. The van der Waals surface area contributed by atoms with Gasteiger partial charge in [0.2, 0.25) is 0 Å². The summed E-state index contributed by atoms with van der Waals surface area (Å²) in [6.07, 6.45) is 1.81. The number of aromatic nitrogens is 2. The molecule has 2 rings (SSSR count). The molecule has 0 saturated carbocycles. The molecule has 14 heavy (non-hydrogen) atoms. The van der Waals surface area contributed by atoms with Crippen LogP contribution in [0.25, 0.3) is 11.3 Å². The van der Waals surface area contributed by atoms with Gasteiger partial charge in [0.1, 0.15) is 0 Å². The largest absolute Gasteiger partial charge is 0.382 e. The van der Waals surface area contributed by atoms with E-state index in [2.05, 4.69) is 34.6 Å². The van der Waals surface area contributed by atoms with Gasteiger partial charge in [0.25, 0.3) is 0 Å². The van der Waals surface area contributed by atoms with Crippen molar-refractivity contribution in [1.29, 1.82) is 0 Å². The molecule has 2 aromatic rings. The van der Waals surface area contributed by atoms with Crippen LogP contribution in [0, 0.1) is 0 Å². The second-order valence-corrected chi connectivity index (χ2v) is 3.06. The van der Waals surface area contributed by atoms with Crippen molar-refractivity contribution in [2.24, 2.45) is 0 Å². The number of hydrogen-bond donors (Lipinski definition) is 2. The lowest BCUT2D eigenvalue weighted by molar-refractivity contribution is 1.10. The number of benzene rings is 1. The Labute approximate surface area is 83.2 Å². The van der Waals surface area contributed by atoms with Crippen LogP contribution in [0.4, 0.5) is 5.69 Å². The summed E-state index contributed by atoms with van der Waals surface area (Å²) >= 11 is 0. The predicted molar refractivity (Wildman–Crippen MR) is 58.2 cm³/mol. The molecule has 0 spiro atoms. The number of nitrogens with zero attached hydrogens (tertiary/aromatic N) is 1. The van der Waals surface area contributed by atoms with Crippen LogP contribution in [0.15, 0.2) is 36.5 Å². The zero-order valence-electron chi connectivity index (χ0n) is 8.12. The van der Waals surface area contributed by atoms with E-state index in [1.807, 2.05) is 24.4 Å². The minimum atomic E-state index is 0.902. The standard InChI is InChI=1S/C11H13N3/c1-2-12-10-8-13-14-11(10)9-6-4-3-5-7-9/h3-8,12H,2H2,1H3,(H,13,14). The SMILES string of the molecule is CCNc1cn[nH]c1-c1ccccc1. The molecule has 0 aliphatic carbocycles. The van der Waals surface area contributed by atoms with Crippen LogP contribution in [-0.2, 0) is 0 Å². The zero-order chi connectivity index (χ0) is 9.80. The first kappa shape index (κ1) is 8.81. The monoisotopic (exact) mass is 187 g/mol. The molecule has 0 amide bonds. The van der Waals surface area contributed by atoms with Crippen LogP contribution in [-0.4, -0.2) is 16.7 Å². The van der Waals surface area contributed by atoms with Crippen LogP contribution in [0.2, 0.25) is 0 Å². The highest BCUT2D eigenvalue weighted by Gasteiger charge is 2.04. The van der Waals surface area contributed by atoms with E-state index in [1.54, 1.807) is 0 Å². The van der Waals surface area contributed by atoms with Crippen molar-refractivity contribution in [3.63, 3.8) is 0 Å². The Morgan fingerprint density at radius 1 is 1.29 bits per heavy atom. The van der Waals surface area contributed by atoms with Crippen LogP contribution < -0.4 is 5.32 Å². The Morgan fingerprint density at radius 2 is 2.07 bits per heavy atom. The van der Waals surface area contributed by atoms with E-state index >= 15 is 0 Å². The summed E-state index contributed by atoms with van der Waals surface area (Å²) in [5, 5.41) is 10.3. The van der Waals surface area contributed by atoms with Crippen LogP contribution >= 0.6 is 0 Å². The third-order valence-electron chi connectivity index (χ3n) is 2.07. The minimum absolute atomic E-state index is 0.902. The molecule has 0 bridgehead atoms. The minimum Gasteiger partial charge on any atom is -0.382 e. The van der Waals surface area contributed by atoms with Crippen molar-refractivity contribution >= 4 is 5.69 Å².